The molecule has 24 heavy (non-hydrogen) atoms. The van der Waals surface area contributed by atoms with Gasteiger partial charge in [0.25, 0.3) is 0 Å². The molecule has 0 aliphatic rings. The summed E-state index contributed by atoms with van der Waals surface area (Å²) in [6.07, 6.45) is 0.334. The summed E-state index contributed by atoms with van der Waals surface area (Å²) in [5.74, 6) is 0.492. The number of nitrogens with one attached hydrogen (secondary N) is 1. The van der Waals surface area contributed by atoms with E-state index in [1.807, 2.05) is 22.9 Å². The maximum Gasteiger partial charge on any atom is 0.230 e. The van der Waals surface area contributed by atoms with Gasteiger partial charge in [-0.3, -0.25) is 4.79 Å². The van der Waals surface area contributed by atoms with E-state index in [4.69, 9.17) is 23.2 Å². The Labute approximate surface area is 161 Å². The van der Waals surface area contributed by atoms with Crippen LogP contribution in [0.1, 0.15) is 11.1 Å². The summed E-state index contributed by atoms with van der Waals surface area (Å²) >= 11 is 16.7. The first-order valence-electron chi connectivity index (χ1n) is 6.82. The van der Waals surface area contributed by atoms with Crippen LogP contribution in [0.3, 0.4) is 0 Å². The van der Waals surface area contributed by atoms with Crippen LogP contribution in [-0.2, 0) is 17.0 Å². The van der Waals surface area contributed by atoms with Crippen LogP contribution in [0.15, 0.2) is 39.4 Å². The van der Waals surface area contributed by atoms with Crippen LogP contribution in [0.4, 0.5) is 5.13 Å². The lowest BCUT2D eigenvalue weighted by Gasteiger charge is -2.04. The summed E-state index contributed by atoms with van der Waals surface area (Å²) in [5, 5.41) is 16.5. The van der Waals surface area contributed by atoms with Crippen LogP contribution < -0.4 is 5.32 Å². The predicted molar refractivity (Wildman–Crippen MR) is 103 cm³/mol. The van der Waals surface area contributed by atoms with Crippen LogP contribution in [0, 0.1) is 0 Å². The third-order valence-corrected chi connectivity index (χ3v) is 6.44. The first-order chi connectivity index (χ1) is 11.6. The molecule has 4 nitrogen and oxygen atoms in total. The normalized spacial score (nSPS) is 10.8. The molecule has 0 saturated heterocycles. The second kappa shape index (κ2) is 8.31. The standard InChI is InChI=1S/C15H11Cl2N3OS3/c16-11-2-1-3-12(17)10(11)8-23-15-20-19-14(24-15)18-13(21)6-9-4-5-22-7-9/h1-5,7H,6,8H2,(H,18,19,21). The zero-order chi connectivity index (χ0) is 16.9. The quantitative estimate of drug-likeness (QED) is 0.433. The van der Waals surface area contributed by atoms with Gasteiger partial charge in [0.05, 0.1) is 6.42 Å². The van der Waals surface area contributed by atoms with Gasteiger partial charge in [-0.05, 0) is 40.1 Å². The minimum atomic E-state index is -0.102. The van der Waals surface area contributed by atoms with Crippen molar-refractivity contribution in [1.29, 1.82) is 0 Å². The van der Waals surface area contributed by atoms with Gasteiger partial charge in [-0.1, -0.05) is 52.4 Å². The molecule has 0 bridgehead atoms. The molecule has 1 N–H and O–H groups in total. The Morgan fingerprint density at radius 1 is 1.21 bits per heavy atom. The van der Waals surface area contributed by atoms with Gasteiger partial charge >= 0.3 is 0 Å². The number of thioether (sulfide) groups is 1. The summed E-state index contributed by atoms with van der Waals surface area (Å²) in [4.78, 5) is 11.9. The number of hydrogen-bond donors (Lipinski definition) is 1. The molecule has 0 aliphatic heterocycles. The third kappa shape index (κ3) is 4.70. The Hall–Kier alpha value is -1.12. The fourth-order valence-electron chi connectivity index (χ4n) is 1.86. The number of benzene rings is 1. The molecule has 0 fully saturated rings. The van der Waals surface area contributed by atoms with E-state index >= 15 is 0 Å². The highest BCUT2D eigenvalue weighted by molar-refractivity contribution is 8.00. The number of carbonyl (C=O) groups is 1. The fourth-order valence-corrected chi connectivity index (χ4v) is 5.04. The van der Waals surface area contributed by atoms with Crippen molar-refractivity contribution in [1.82, 2.24) is 10.2 Å². The van der Waals surface area contributed by atoms with Gasteiger partial charge in [-0.2, -0.15) is 11.3 Å². The summed E-state index contributed by atoms with van der Waals surface area (Å²) in [7, 11) is 0. The van der Waals surface area contributed by atoms with Gasteiger partial charge in [0.2, 0.25) is 11.0 Å². The lowest BCUT2D eigenvalue weighted by molar-refractivity contribution is -0.115. The van der Waals surface area contributed by atoms with E-state index in [0.717, 1.165) is 15.5 Å². The van der Waals surface area contributed by atoms with Crippen molar-refractivity contribution in [3.05, 3.63) is 56.2 Å². The number of thiophene rings is 1. The van der Waals surface area contributed by atoms with E-state index in [2.05, 4.69) is 15.5 Å². The SMILES string of the molecule is O=C(Cc1ccsc1)Nc1nnc(SCc2c(Cl)cccc2Cl)s1. The van der Waals surface area contributed by atoms with Gasteiger partial charge in [0.1, 0.15) is 0 Å². The molecule has 124 valence electrons. The maximum atomic E-state index is 11.9. The van der Waals surface area contributed by atoms with E-state index < -0.39 is 0 Å². The van der Waals surface area contributed by atoms with Gasteiger partial charge in [0, 0.05) is 15.8 Å². The van der Waals surface area contributed by atoms with E-state index in [1.54, 1.807) is 23.5 Å². The number of anilines is 1. The molecular formula is C15H11Cl2N3OS3. The molecule has 2 heterocycles. The smallest absolute Gasteiger partial charge is 0.230 e. The van der Waals surface area contributed by atoms with Crippen LogP contribution >= 0.6 is 57.6 Å². The Morgan fingerprint density at radius 2 is 2.00 bits per heavy atom. The summed E-state index contributed by atoms with van der Waals surface area (Å²) in [6.45, 7) is 0. The zero-order valence-electron chi connectivity index (χ0n) is 12.2. The van der Waals surface area contributed by atoms with E-state index in [-0.39, 0.29) is 5.91 Å². The van der Waals surface area contributed by atoms with Crippen molar-refractivity contribution < 1.29 is 4.79 Å². The molecule has 3 aromatic rings. The van der Waals surface area contributed by atoms with Gasteiger partial charge in [-0.25, -0.2) is 0 Å². The monoisotopic (exact) mass is 415 g/mol. The minimum Gasteiger partial charge on any atom is -0.300 e. The number of aromatic nitrogens is 2. The average Bonchev–Trinajstić information content (AvgIpc) is 3.19. The molecule has 2 aromatic heterocycles. The van der Waals surface area contributed by atoms with Crippen LogP contribution in [0.2, 0.25) is 10.0 Å². The second-order valence-corrected chi connectivity index (χ2v) is 8.51. The zero-order valence-corrected chi connectivity index (χ0v) is 16.1. The van der Waals surface area contributed by atoms with Crippen molar-refractivity contribution >= 4 is 68.7 Å². The van der Waals surface area contributed by atoms with Crippen molar-refractivity contribution in [3.8, 4) is 0 Å². The van der Waals surface area contributed by atoms with E-state index in [1.165, 1.54) is 23.1 Å². The highest BCUT2D eigenvalue weighted by atomic mass is 35.5. The molecule has 3 rings (SSSR count). The summed E-state index contributed by atoms with van der Waals surface area (Å²) in [6, 6.07) is 7.35. The van der Waals surface area contributed by atoms with E-state index in [0.29, 0.717) is 27.4 Å². The van der Waals surface area contributed by atoms with Crippen LogP contribution in [-0.4, -0.2) is 16.1 Å². The molecule has 0 atom stereocenters. The largest absolute Gasteiger partial charge is 0.300 e. The Balaban J connectivity index is 1.56. The highest BCUT2D eigenvalue weighted by Crippen LogP contribution is 2.33. The molecule has 9 heteroatoms. The molecule has 0 unspecified atom stereocenters. The highest BCUT2D eigenvalue weighted by Gasteiger charge is 2.11. The lowest BCUT2D eigenvalue weighted by atomic mass is 10.2. The van der Waals surface area contributed by atoms with Crippen molar-refractivity contribution in [2.75, 3.05) is 5.32 Å². The number of halogens is 2. The number of nitrogens with zero attached hydrogens (tertiary/aromatic N) is 2. The molecule has 1 aromatic carbocycles. The van der Waals surface area contributed by atoms with Crippen LogP contribution in [0.5, 0.6) is 0 Å². The van der Waals surface area contributed by atoms with Crippen molar-refractivity contribution in [2.24, 2.45) is 0 Å². The summed E-state index contributed by atoms with van der Waals surface area (Å²) < 4.78 is 0.747. The Bertz CT molecular complexity index is 816. The van der Waals surface area contributed by atoms with Gasteiger partial charge < -0.3 is 5.32 Å². The number of amides is 1. The fraction of sp³-hybridized carbons (Fsp3) is 0.133. The summed E-state index contributed by atoms with van der Waals surface area (Å²) in [5.41, 5.74) is 1.86. The number of hydrogen-bond acceptors (Lipinski definition) is 6. The first kappa shape index (κ1) is 17.7. The molecular weight excluding hydrogens is 405 g/mol. The van der Waals surface area contributed by atoms with Crippen molar-refractivity contribution in [2.45, 2.75) is 16.5 Å². The number of rotatable bonds is 6. The molecule has 0 spiro atoms. The molecule has 1 amide bonds. The lowest BCUT2D eigenvalue weighted by Crippen LogP contribution is -2.13. The average molecular weight is 416 g/mol. The third-order valence-electron chi connectivity index (χ3n) is 3.00. The van der Waals surface area contributed by atoms with Gasteiger partial charge in [-0.15, -0.1) is 10.2 Å². The minimum absolute atomic E-state index is 0.102. The predicted octanol–water partition coefficient (Wildman–Crippen LogP) is 5.38. The molecule has 0 saturated carbocycles. The van der Waals surface area contributed by atoms with Gasteiger partial charge in [0.15, 0.2) is 4.34 Å². The molecule has 0 aliphatic carbocycles. The second-order valence-electron chi connectivity index (χ2n) is 4.72. The van der Waals surface area contributed by atoms with E-state index in [9.17, 15) is 4.79 Å². The van der Waals surface area contributed by atoms with Crippen molar-refractivity contribution in [3.63, 3.8) is 0 Å². The Morgan fingerprint density at radius 3 is 2.71 bits per heavy atom. The maximum absolute atomic E-state index is 11.9. The molecule has 0 radical (unpaired) electrons. The Kier molecular flexibility index (Phi) is 6.13. The number of carbonyl (C=O) groups excluding carboxylic acids is 1. The first-order valence-corrected chi connectivity index (χ1v) is 10.3. The topological polar surface area (TPSA) is 54.9 Å². The van der Waals surface area contributed by atoms with Crippen LogP contribution in [0.25, 0.3) is 0 Å².